The quantitative estimate of drug-likeness (QED) is 0.782. The average Bonchev–Trinajstić information content (AvgIpc) is 3.17. The van der Waals surface area contributed by atoms with Gasteiger partial charge in [0.25, 0.3) is 5.91 Å². The predicted octanol–water partition coefficient (Wildman–Crippen LogP) is 4.18. The summed E-state index contributed by atoms with van der Waals surface area (Å²) in [6, 6.07) is 15.2. The van der Waals surface area contributed by atoms with Crippen LogP contribution in [-0.4, -0.2) is 28.1 Å². The number of rotatable bonds is 3. The smallest absolute Gasteiger partial charge is 0.312 e. The summed E-state index contributed by atoms with van der Waals surface area (Å²) in [6.45, 7) is 0.317. The van der Waals surface area contributed by atoms with Crippen LogP contribution in [0.5, 0.6) is 0 Å². The van der Waals surface area contributed by atoms with Gasteiger partial charge in [-0.1, -0.05) is 29.8 Å². The van der Waals surface area contributed by atoms with Gasteiger partial charge in [-0.25, -0.2) is 9.69 Å². The maximum atomic E-state index is 13.2. The SMILES string of the molecule is N#Cc1cccc(CN2C(=O)N(c3ccc(Cl)cc3)C(=O)C3SC=CC32)c1. The van der Waals surface area contributed by atoms with Gasteiger partial charge in [0.1, 0.15) is 5.25 Å². The molecule has 2 aromatic rings. The number of nitriles is 1. The van der Waals surface area contributed by atoms with Crippen molar-refractivity contribution >= 4 is 41.0 Å². The first-order valence-corrected chi connectivity index (χ1v) is 9.62. The van der Waals surface area contributed by atoms with E-state index in [0.29, 0.717) is 22.8 Å². The molecule has 0 radical (unpaired) electrons. The highest BCUT2D eigenvalue weighted by Crippen LogP contribution is 2.37. The second-order valence-corrected chi connectivity index (χ2v) is 7.74. The lowest BCUT2D eigenvalue weighted by Gasteiger charge is -2.41. The molecule has 2 aliphatic rings. The highest BCUT2D eigenvalue weighted by atomic mass is 35.5. The molecule has 2 aromatic carbocycles. The van der Waals surface area contributed by atoms with E-state index in [4.69, 9.17) is 16.9 Å². The van der Waals surface area contributed by atoms with Gasteiger partial charge in [-0.3, -0.25) is 4.79 Å². The van der Waals surface area contributed by atoms with Crippen molar-refractivity contribution in [3.63, 3.8) is 0 Å². The number of hydrogen-bond donors (Lipinski definition) is 0. The molecule has 7 heteroatoms. The number of imide groups is 1. The number of carbonyl (C=O) groups excluding carboxylic acids is 2. The van der Waals surface area contributed by atoms with Crippen molar-refractivity contribution < 1.29 is 9.59 Å². The molecule has 2 unspecified atom stereocenters. The molecule has 27 heavy (non-hydrogen) atoms. The molecule has 0 N–H and O–H groups in total. The van der Waals surface area contributed by atoms with Crippen LogP contribution >= 0.6 is 23.4 Å². The van der Waals surface area contributed by atoms with Crippen LogP contribution in [0.15, 0.2) is 60.0 Å². The monoisotopic (exact) mass is 395 g/mol. The van der Waals surface area contributed by atoms with Gasteiger partial charge in [0, 0.05) is 11.6 Å². The van der Waals surface area contributed by atoms with Gasteiger partial charge in [0.2, 0.25) is 0 Å². The Kier molecular flexibility index (Phi) is 4.65. The minimum atomic E-state index is -0.377. The van der Waals surface area contributed by atoms with Crippen molar-refractivity contribution in [2.75, 3.05) is 4.90 Å². The Bertz CT molecular complexity index is 983. The molecule has 3 amide bonds. The molecule has 0 bridgehead atoms. The van der Waals surface area contributed by atoms with Gasteiger partial charge in [-0.15, -0.1) is 11.8 Å². The summed E-state index contributed by atoms with van der Waals surface area (Å²) >= 11 is 7.35. The zero-order valence-corrected chi connectivity index (χ0v) is 15.7. The molecule has 134 valence electrons. The molecule has 2 heterocycles. The van der Waals surface area contributed by atoms with Gasteiger partial charge in [-0.2, -0.15) is 5.26 Å². The summed E-state index contributed by atoms with van der Waals surface area (Å²) in [4.78, 5) is 29.0. The number of anilines is 1. The number of carbonyl (C=O) groups is 2. The lowest BCUT2D eigenvalue weighted by atomic mass is 10.0. The van der Waals surface area contributed by atoms with Gasteiger partial charge in [0.05, 0.1) is 23.4 Å². The molecule has 0 spiro atoms. The number of hydrogen-bond acceptors (Lipinski definition) is 4. The molecule has 0 aliphatic carbocycles. The number of nitrogens with zero attached hydrogens (tertiary/aromatic N) is 3. The summed E-state index contributed by atoms with van der Waals surface area (Å²) in [7, 11) is 0. The second kappa shape index (κ2) is 7.10. The van der Waals surface area contributed by atoms with E-state index in [9.17, 15) is 9.59 Å². The van der Waals surface area contributed by atoms with Crippen molar-refractivity contribution in [3.05, 3.63) is 76.2 Å². The Morgan fingerprint density at radius 2 is 1.93 bits per heavy atom. The summed E-state index contributed by atoms with van der Waals surface area (Å²) in [6.07, 6.45) is 1.89. The van der Waals surface area contributed by atoms with E-state index in [1.165, 1.54) is 16.7 Å². The Labute approximate surface area is 165 Å². The van der Waals surface area contributed by atoms with Gasteiger partial charge in [0.15, 0.2) is 0 Å². The van der Waals surface area contributed by atoms with Crippen molar-refractivity contribution in [2.24, 2.45) is 0 Å². The summed E-state index contributed by atoms with van der Waals surface area (Å²) in [5.74, 6) is -0.232. The molecule has 4 rings (SSSR count). The van der Waals surface area contributed by atoms with Gasteiger partial charge >= 0.3 is 6.03 Å². The third-order valence-corrected chi connectivity index (χ3v) is 5.91. The number of benzene rings is 2. The van der Waals surface area contributed by atoms with Crippen LogP contribution < -0.4 is 4.90 Å². The predicted molar refractivity (Wildman–Crippen MR) is 105 cm³/mol. The van der Waals surface area contributed by atoms with Crippen LogP contribution in [0, 0.1) is 11.3 Å². The Morgan fingerprint density at radius 3 is 2.67 bits per heavy atom. The lowest BCUT2D eigenvalue weighted by molar-refractivity contribution is -0.119. The van der Waals surface area contributed by atoms with E-state index < -0.39 is 0 Å². The second-order valence-electron chi connectivity index (χ2n) is 6.25. The van der Waals surface area contributed by atoms with Crippen LogP contribution in [0.2, 0.25) is 5.02 Å². The standard InChI is InChI=1S/C20H14ClN3O2S/c21-15-4-6-16(7-5-15)24-19(25)18-17(8-9-27-18)23(20(24)26)12-14-3-1-2-13(10-14)11-22/h1-10,17-18H,12H2. The Morgan fingerprint density at radius 1 is 1.15 bits per heavy atom. The fourth-order valence-electron chi connectivity index (χ4n) is 3.28. The Balaban J connectivity index is 1.70. The van der Waals surface area contributed by atoms with Crippen molar-refractivity contribution in [1.82, 2.24) is 4.90 Å². The third-order valence-electron chi connectivity index (χ3n) is 4.57. The zero-order valence-electron chi connectivity index (χ0n) is 14.1. The number of fused-ring (bicyclic) bond motifs is 1. The maximum absolute atomic E-state index is 13.2. The van der Waals surface area contributed by atoms with Crippen LogP contribution in [0.1, 0.15) is 11.1 Å². The van der Waals surface area contributed by atoms with E-state index >= 15 is 0 Å². The highest BCUT2D eigenvalue weighted by molar-refractivity contribution is 8.03. The maximum Gasteiger partial charge on any atom is 0.332 e. The number of urea groups is 1. The molecule has 2 atom stereocenters. The molecule has 0 aromatic heterocycles. The van der Waals surface area contributed by atoms with E-state index in [-0.39, 0.29) is 23.2 Å². The molecular formula is C20H14ClN3O2S. The van der Waals surface area contributed by atoms with Crippen LogP contribution in [-0.2, 0) is 11.3 Å². The molecule has 1 saturated heterocycles. The summed E-state index contributed by atoms with van der Waals surface area (Å²) < 4.78 is 0. The van der Waals surface area contributed by atoms with E-state index in [1.807, 2.05) is 17.6 Å². The largest absolute Gasteiger partial charge is 0.332 e. The molecule has 5 nitrogen and oxygen atoms in total. The van der Waals surface area contributed by atoms with Crippen molar-refractivity contribution in [2.45, 2.75) is 17.8 Å². The van der Waals surface area contributed by atoms with E-state index in [2.05, 4.69) is 6.07 Å². The molecular weight excluding hydrogens is 382 g/mol. The normalized spacial score (nSPS) is 21.3. The summed E-state index contributed by atoms with van der Waals surface area (Å²) in [5, 5.41) is 11.1. The summed E-state index contributed by atoms with van der Waals surface area (Å²) in [5.41, 5.74) is 1.88. The van der Waals surface area contributed by atoms with E-state index in [1.54, 1.807) is 47.4 Å². The minimum absolute atomic E-state index is 0.232. The molecule has 0 saturated carbocycles. The van der Waals surface area contributed by atoms with Gasteiger partial charge in [-0.05, 0) is 47.4 Å². The zero-order chi connectivity index (χ0) is 19.0. The number of thioether (sulfide) groups is 1. The van der Waals surface area contributed by atoms with Crippen molar-refractivity contribution in [1.29, 1.82) is 5.26 Å². The first-order valence-electron chi connectivity index (χ1n) is 8.30. The highest BCUT2D eigenvalue weighted by Gasteiger charge is 2.47. The van der Waals surface area contributed by atoms with Crippen LogP contribution in [0.3, 0.4) is 0 Å². The molecule has 1 fully saturated rings. The fourth-order valence-corrected chi connectivity index (χ4v) is 4.45. The average molecular weight is 396 g/mol. The van der Waals surface area contributed by atoms with Crippen LogP contribution in [0.25, 0.3) is 0 Å². The first kappa shape index (κ1) is 17.7. The van der Waals surface area contributed by atoms with Gasteiger partial charge < -0.3 is 4.90 Å². The molecule has 2 aliphatic heterocycles. The third kappa shape index (κ3) is 3.20. The topological polar surface area (TPSA) is 64.4 Å². The lowest BCUT2D eigenvalue weighted by Crippen LogP contribution is -2.61. The van der Waals surface area contributed by atoms with E-state index in [0.717, 1.165) is 5.56 Å². The first-order chi connectivity index (χ1) is 13.1. The number of amides is 3. The minimum Gasteiger partial charge on any atom is -0.312 e. The van der Waals surface area contributed by atoms with Crippen LogP contribution in [0.4, 0.5) is 10.5 Å². The van der Waals surface area contributed by atoms with Crippen molar-refractivity contribution in [3.8, 4) is 6.07 Å². The number of halogens is 1. The fraction of sp³-hybridized carbons (Fsp3) is 0.150. The Hall–Kier alpha value is -2.75.